The minimum atomic E-state index is -0.151. The third kappa shape index (κ3) is 3.69. The maximum absolute atomic E-state index is 12.1. The van der Waals surface area contributed by atoms with Gasteiger partial charge in [0.2, 0.25) is 5.91 Å². The van der Waals surface area contributed by atoms with Crippen LogP contribution >= 0.6 is 0 Å². The molecule has 0 aromatic heterocycles. The van der Waals surface area contributed by atoms with Crippen LogP contribution in [0.15, 0.2) is 0 Å². The van der Waals surface area contributed by atoms with Crippen molar-refractivity contribution in [1.29, 1.82) is 0 Å². The second kappa shape index (κ2) is 6.71. The fourth-order valence-corrected chi connectivity index (χ4v) is 3.52. The van der Waals surface area contributed by atoms with Crippen molar-refractivity contribution in [2.75, 3.05) is 20.2 Å². The van der Waals surface area contributed by atoms with Gasteiger partial charge in [0.05, 0.1) is 6.61 Å². The Kier molecular flexibility index (Phi) is 5.22. The zero-order valence-corrected chi connectivity index (χ0v) is 12.1. The highest BCUT2D eigenvalue weighted by Crippen LogP contribution is 2.32. The van der Waals surface area contributed by atoms with E-state index < -0.39 is 0 Å². The summed E-state index contributed by atoms with van der Waals surface area (Å²) >= 11 is 0. The summed E-state index contributed by atoms with van der Waals surface area (Å²) in [4.78, 5) is 12.1. The number of likely N-dealkylation sites (N-methyl/N-ethyl adjacent to an activating group) is 1. The van der Waals surface area contributed by atoms with Crippen LogP contribution in [-0.2, 0) is 4.79 Å². The molecule has 0 aromatic rings. The quantitative estimate of drug-likeness (QED) is 0.707. The van der Waals surface area contributed by atoms with Crippen molar-refractivity contribution in [2.45, 2.75) is 56.9 Å². The van der Waals surface area contributed by atoms with E-state index in [0.29, 0.717) is 5.92 Å². The van der Waals surface area contributed by atoms with Crippen LogP contribution < -0.4 is 10.6 Å². The smallest absolute Gasteiger partial charge is 0.223 e. The Morgan fingerprint density at radius 1 is 1.21 bits per heavy atom. The molecule has 0 atom stereocenters. The van der Waals surface area contributed by atoms with Gasteiger partial charge in [-0.3, -0.25) is 4.79 Å². The standard InChI is InChI=1S/C15H28N2O2/c1-16-15(11-18)8-6-13(7-9-15)14(19)17-10-12-4-2-3-5-12/h12-13,16,18H,2-11H2,1H3,(H,17,19). The summed E-state index contributed by atoms with van der Waals surface area (Å²) in [5, 5.41) is 15.8. The molecule has 3 N–H and O–H groups in total. The van der Waals surface area contributed by atoms with Gasteiger partial charge in [-0.15, -0.1) is 0 Å². The van der Waals surface area contributed by atoms with Gasteiger partial charge in [0.1, 0.15) is 0 Å². The van der Waals surface area contributed by atoms with Crippen molar-refractivity contribution >= 4 is 5.91 Å². The van der Waals surface area contributed by atoms with Crippen LogP contribution in [0.1, 0.15) is 51.4 Å². The zero-order valence-electron chi connectivity index (χ0n) is 12.1. The molecular formula is C15H28N2O2. The molecule has 4 nitrogen and oxygen atoms in total. The topological polar surface area (TPSA) is 61.4 Å². The Balaban J connectivity index is 1.72. The molecule has 0 aromatic carbocycles. The van der Waals surface area contributed by atoms with Crippen molar-refractivity contribution in [2.24, 2.45) is 11.8 Å². The largest absolute Gasteiger partial charge is 0.394 e. The second-order valence-electron chi connectivity index (χ2n) is 6.36. The number of nitrogens with one attached hydrogen (secondary N) is 2. The first-order valence-corrected chi connectivity index (χ1v) is 7.76. The molecule has 2 rings (SSSR count). The van der Waals surface area contributed by atoms with Crippen molar-refractivity contribution in [1.82, 2.24) is 10.6 Å². The van der Waals surface area contributed by atoms with E-state index in [-0.39, 0.29) is 24.0 Å². The number of aliphatic hydroxyl groups is 1. The van der Waals surface area contributed by atoms with E-state index in [1.807, 2.05) is 7.05 Å². The van der Waals surface area contributed by atoms with Crippen LogP contribution in [-0.4, -0.2) is 36.8 Å². The molecule has 0 radical (unpaired) electrons. The Hall–Kier alpha value is -0.610. The Morgan fingerprint density at radius 3 is 2.37 bits per heavy atom. The van der Waals surface area contributed by atoms with Crippen LogP contribution in [0.3, 0.4) is 0 Å². The third-order valence-electron chi connectivity index (χ3n) is 5.19. The van der Waals surface area contributed by atoms with E-state index in [9.17, 15) is 9.90 Å². The van der Waals surface area contributed by atoms with Gasteiger partial charge in [-0.2, -0.15) is 0 Å². The van der Waals surface area contributed by atoms with Crippen LogP contribution in [0.2, 0.25) is 0 Å². The van der Waals surface area contributed by atoms with Crippen molar-refractivity contribution in [3.05, 3.63) is 0 Å². The van der Waals surface area contributed by atoms with Crippen LogP contribution in [0.5, 0.6) is 0 Å². The first kappa shape index (κ1) is 14.8. The number of carbonyl (C=O) groups excluding carboxylic acids is 1. The molecule has 2 aliphatic carbocycles. The minimum absolute atomic E-state index is 0.148. The first-order valence-electron chi connectivity index (χ1n) is 7.76. The summed E-state index contributed by atoms with van der Waals surface area (Å²) < 4.78 is 0. The van der Waals surface area contributed by atoms with Gasteiger partial charge in [-0.1, -0.05) is 12.8 Å². The number of amides is 1. The van der Waals surface area contributed by atoms with E-state index in [1.165, 1.54) is 25.7 Å². The average molecular weight is 268 g/mol. The summed E-state index contributed by atoms with van der Waals surface area (Å²) in [6, 6.07) is 0. The van der Waals surface area contributed by atoms with Gasteiger partial charge in [0.15, 0.2) is 0 Å². The van der Waals surface area contributed by atoms with Gasteiger partial charge in [-0.25, -0.2) is 0 Å². The van der Waals surface area contributed by atoms with Crippen molar-refractivity contribution in [3.8, 4) is 0 Å². The lowest BCUT2D eigenvalue weighted by atomic mass is 9.76. The van der Waals surface area contributed by atoms with Crippen molar-refractivity contribution < 1.29 is 9.90 Å². The van der Waals surface area contributed by atoms with E-state index in [4.69, 9.17) is 0 Å². The van der Waals surface area contributed by atoms with E-state index in [0.717, 1.165) is 32.2 Å². The molecule has 4 heteroatoms. The SMILES string of the molecule is CNC1(CO)CCC(C(=O)NCC2CCCC2)CC1. The number of hydrogen-bond donors (Lipinski definition) is 3. The van der Waals surface area contributed by atoms with E-state index >= 15 is 0 Å². The molecule has 0 bridgehead atoms. The first-order chi connectivity index (χ1) is 9.19. The fourth-order valence-electron chi connectivity index (χ4n) is 3.52. The summed E-state index contributed by atoms with van der Waals surface area (Å²) in [5.41, 5.74) is -0.151. The highest BCUT2D eigenvalue weighted by molar-refractivity contribution is 5.78. The minimum Gasteiger partial charge on any atom is -0.394 e. The molecule has 0 spiro atoms. The molecule has 0 aliphatic heterocycles. The van der Waals surface area contributed by atoms with Crippen LogP contribution in [0.25, 0.3) is 0 Å². The summed E-state index contributed by atoms with van der Waals surface area (Å²) in [7, 11) is 1.90. The van der Waals surface area contributed by atoms with Crippen LogP contribution in [0.4, 0.5) is 0 Å². The summed E-state index contributed by atoms with van der Waals surface area (Å²) in [6.45, 7) is 1.03. The van der Waals surface area contributed by atoms with Gasteiger partial charge >= 0.3 is 0 Å². The molecule has 0 saturated heterocycles. The van der Waals surface area contributed by atoms with Gasteiger partial charge in [-0.05, 0) is 51.5 Å². The van der Waals surface area contributed by atoms with Gasteiger partial charge in [0, 0.05) is 18.0 Å². The second-order valence-corrected chi connectivity index (χ2v) is 6.36. The Morgan fingerprint density at radius 2 is 1.84 bits per heavy atom. The monoisotopic (exact) mass is 268 g/mol. The number of hydrogen-bond acceptors (Lipinski definition) is 3. The molecular weight excluding hydrogens is 240 g/mol. The predicted octanol–water partition coefficient (Wildman–Crippen LogP) is 1.43. The maximum atomic E-state index is 12.1. The summed E-state index contributed by atoms with van der Waals surface area (Å²) in [6.07, 6.45) is 8.76. The molecule has 2 aliphatic rings. The van der Waals surface area contributed by atoms with E-state index in [1.54, 1.807) is 0 Å². The molecule has 0 heterocycles. The van der Waals surface area contributed by atoms with Gasteiger partial charge in [0.25, 0.3) is 0 Å². The Bertz CT molecular complexity index is 287. The number of rotatable bonds is 5. The number of carbonyl (C=O) groups is 1. The lowest BCUT2D eigenvalue weighted by molar-refractivity contribution is -0.126. The zero-order chi connectivity index (χ0) is 13.7. The summed E-state index contributed by atoms with van der Waals surface area (Å²) in [5.74, 6) is 1.09. The molecule has 2 fully saturated rings. The highest BCUT2D eigenvalue weighted by Gasteiger charge is 2.35. The predicted molar refractivity (Wildman–Crippen MR) is 75.8 cm³/mol. The van der Waals surface area contributed by atoms with Crippen LogP contribution in [0, 0.1) is 11.8 Å². The Labute approximate surface area is 116 Å². The molecule has 2 saturated carbocycles. The lowest BCUT2D eigenvalue weighted by Gasteiger charge is -2.38. The lowest BCUT2D eigenvalue weighted by Crippen LogP contribution is -2.50. The molecule has 1 amide bonds. The fraction of sp³-hybridized carbons (Fsp3) is 0.933. The van der Waals surface area contributed by atoms with E-state index in [2.05, 4.69) is 10.6 Å². The molecule has 0 unspecified atom stereocenters. The highest BCUT2D eigenvalue weighted by atomic mass is 16.3. The molecule has 19 heavy (non-hydrogen) atoms. The maximum Gasteiger partial charge on any atom is 0.223 e. The molecule has 110 valence electrons. The number of aliphatic hydroxyl groups excluding tert-OH is 1. The normalized spacial score (nSPS) is 32.4. The van der Waals surface area contributed by atoms with Gasteiger partial charge < -0.3 is 15.7 Å². The third-order valence-corrected chi connectivity index (χ3v) is 5.19. The average Bonchev–Trinajstić information content (AvgIpc) is 2.98. The van der Waals surface area contributed by atoms with Crippen molar-refractivity contribution in [3.63, 3.8) is 0 Å².